The molecule has 0 radical (unpaired) electrons. The van der Waals surface area contributed by atoms with E-state index in [2.05, 4.69) is 31.9 Å². The molecule has 1 aromatic carbocycles. The van der Waals surface area contributed by atoms with Gasteiger partial charge in [-0.15, -0.1) is 6.58 Å². The Balaban J connectivity index is 1.64. The van der Waals surface area contributed by atoms with Crippen molar-refractivity contribution in [2.45, 2.75) is 38.3 Å². The highest BCUT2D eigenvalue weighted by atomic mass is 35.5. The second-order valence-corrected chi connectivity index (χ2v) is 9.05. The van der Waals surface area contributed by atoms with Crippen molar-refractivity contribution < 1.29 is 5.11 Å². The first-order chi connectivity index (χ1) is 14.8. The number of anilines is 3. The number of allylic oxidation sites excluding steroid dienone is 1. The fraction of sp³-hybridized carbons (Fsp3) is 0.381. The third-order valence-corrected chi connectivity index (χ3v) is 6.51. The highest BCUT2D eigenvalue weighted by molar-refractivity contribution is 6.42. The van der Waals surface area contributed by atoms with E-state index >= 15 is 0 Å². The minimum atomic E-state index is -0.666. The number of fused-ring (bicyclic) bond motifs is 1. The topological polar surface area (TPSA) is 79.1 Å². The Labute approximate surface area is 195 Å². The van der Waals surface area contributed by atoms with Gasteiger partial charge in [0.25, 0.3) is 0 Å². The third-order valence-electron chi connectivity index (χ3n) is 5.46. The van der Waals surface area contributed by atoms with Gasteiger partial charge in [-0.2, -0.15) is 5.10 Å². The molecule has 31 heavy (non-hydrogen) atoms. The zero-order valence-electron chi connectivity index (χ0n) is 17.1. The van der Waals surface area contributed by atoms with Crippen molar-refractivity contribution in [1.82, 2.24) is 19.7 Å². The van der Waals surface area contributed by atoms with E-state index in [1.807, 2.05) is 19.1 Å². The first-order valence-electron chi connectivity index (χ1n) is 10.0. The first-order valence-corrected chi connectivity index (χ1v) is 11.1. The molecule has 0 amide bonds. The van der Waals surface area contributed by atoms with Crippen LogP contribution in [0.25, 0.3) is 10.9 Å². The predicted octanol–water partition coefficient (Wildman–Crippen LogP) is 5.46. The van der Waals surface area contributed by atoms with E-state index < -0.39 is 5.60 Å². The van der Waals surface area contributed by atoms with Crippen LogP contribution in [0.15, 0.2) is 31.1 Å². The molecule has 1 fully saturated rings. The number of hydrogen-bond acceptors (Lipinski definition) is 6. The van der Waals surface area contributed by atoms with Gasteiger partial charge in [0.15, 0.2) is 5.15 Å². The summed E-state index contributed by atoms with van der Waals surface area (Å²) in [6, 6.07) is 1.81. The van der Waals surface area contributed by atoms with Gasteiger partial charge in [-0.1, -0.05) is 40.9 Å². The molecule has 7 nitrogen and oxygen atoms in total. The highest BCUT2D eigenvalue weighted by Gasteiger charge is 2.30. The van der Waals surface area contributed by atoms with Gasteiger partial charge >= 0.3 is 0 Å². The van der Waals surface area contributed by atoms with Crippen LogP contribution < -0.4 is 10.2 Å². The molecule has 4 rings (SSSR count). The Morgan fingerprint density at radius 1 is 1.26 bits per heavy atom. The number of aliphatic hydroxyl groups is 1. The van der Waals surface area contributed by atoms with Crippen LogP contribution in [0.5, 0.6) is 0 Å². The minimum absolute atomic E-state index is 0.356. The molecule has 0 unspecified atom stereocenters. The summed E-state index contributed by atoms with van der Waals surface area (Å²) >= 11 is 19.7. The number of aromatic nitrogens is 4. The van der Waals surface area contributed by atoms with Crippen molar-refractivity contribution in [1.29, 1.82) is 0 Å². The zero-order valence-corrected chi connectivity index (χ0v) is 19.3. The molecule has 2 N–H and O–H groups in total. The maximum atomic E-state index is 10.3. The smallest absolute Gasteiger partial charge is 0.227 e. The Morgan fingerprint density at radius 3 is 2.71 bits per heavy atom. The molecule has 0 aliphatic carbocycles. The lowest BCUT2D eigenvalue weighted by atomic mass is 9.93. The van der Waals surface area contributed by atoms with E-state index in [0.717, 1.165) is 17.5 Å². The molecule has 3 aromatic rings. The summed E-state index contributed by atoms with van der Waals surface area (Å²) in [7, 11) is 0. The molecule has 0 atom stereocenters. The largest absolute Gasteiger partial charge is 0.390 e. The molecular formula is C21H23Cl3N6O. The summed E-state index contributed by atoms with van der Waals surface area (Å²) in [6.07, 6.45) is 7.16. The first kappa shape index (κ1) is 22.1. The molecule has 10 heteroatoms. The standard InChI is InChI=1S/C21H23Cl3N6O/c1-3-4-7-30-19(24)15(12-26-30)27-20-25-11-13-10-14(22)18(16(23)17(13)28-20)29-8-5-21(2,31)6-9-29/h3,10-12,31H,1,4-9H2,2H3,(H,25,27,28). The van der Waals surface area contributed by atoms with Crippen LogP contribution in [0.4, 0.5) is 17.3 Å². The maximum absolute atomic E-state index is 10.3. The highest BCUT2D eigenvalue weighted by Crippen LogP contribution is 2.41. The van der Waals surface area contributed by atoms with E-state index in [9.17, 15) is 5.11 Å². The van der Waals surface area contributed by atoms with Crippen LogP contribution in [0, 0.1) is 0 Å². The van der Waals surface area contributed by atoms with Crippen molar-refractivity contribution in [2.24, 2.45) is 0 Å². The summed E-state index contributed by atoms with van der Waals surface area (Å²) in [6.45, 7) is 7.52. The summed E-state index contributed by atoms with van der Waals surface area (Å²) in [5.41, 5.74) is 1.26. The number of piperidine rings is 1. The van der Waals surface area contributed by atoms with Gasteiger partial charge in [-0.25, -0.2) is 9.97 Å². The zero-order chi connectivity index (χ0) is 22.2. The van der Waals surface area contributed by atoms with Crippen molar-refractivity contribution in [3.63, 3.8) is 0 Å². The van der Waals surface area contributed by atoms with Crippen LogP contribution in [0.1, 0.15) is 26.2 Å². The molecule has 164 valence electrons. The summed E-state index contributed by atoms with van der Waals surface area (Å²) < 4.78 is 1.68. The number of aryl methyl sites for hydroxylation is 1. The molecule has 0 bridgehead atoms. The van der Waals surface area contributed by atoms with Gasteiger partial charge in [0.2, 0.25) is 5.95 Å². The van der Waals surface area contributed by atoms with Crippen molar-refractivity contribution >= 4 is 63.0 Å². The Kier molecular flexibility index (Phi) is 6.30. The van der Waals surface area contributed by atoms with Gasteiger partial charge in [0, 0.05) is 31.2 Å². The minimum Gasteiger partial charge on any atom is -0.390 e. The number of hydrogen-bond donors (Lipinski definition) is 2. The normalized spacial score (nSPS) is 16.0. The second-order valence-electron chi connectivity index (χ2n) is 7.91. The van der Waals surface area contributed by atoms with Crippen LogP contribution >= 0.6 is 34.8 Å². The van der Waals surface area contributed by atoms with Gasteiger partial charge in [-0.05, 0) is 32.3 Å². The third kappa shape index (κ3) is 4.60. The lowest BCUT2D eigenvalue weighted by molar-refractivity contribution is 0.0351. The summed E-state index contributed by atoms with van der Waals surface area (Å²) in [5.74, 6) is 0.356. The molecular weight excluding hydrogens is 459 g/mol. The number of rotatable bonds is 6. The predicted molar refractivity (Wildman–Crippen MR) is 127 cm³/mol. The fourth-order valence-corrected chi connectivity index (χ4v) is 4.58. The van der Waals surface area contributed by atoms with E-state index in [1.54, 1.807) is 17.1 Å². The van der Waals surface area contributed by atoms with E-state index in [-0.39, 0.29) is 0 Å². The Morgan fingerprint density at radius 2 is 2.00 bits per heavy atom. The number of nitrogens with one attached hydrogen (secondary N) is 1. The van der Waals surface area contributed by atoms with Crippen LogP contribution in [-0.2, 0) is 6.54 Å². The number of halogens is 3. The van der Waals surface area contributed by atoms with Crippen molar-refractivity contribution in [3.05, 3.63) is 46.3 Å². The lowest BCUT2D eigenvalue weighted by Gasteiger charge is -2.38. The van der Waals surface area contributed by atoms with Crippen molar-refractivity contribution in [3.8, 4) is 0 Å². The molecule has 1 aliphatic heterocycles. The van der Waals surface area contributed by atoms with E-state index in [1.165, 1.54) is 0 Å². The van der Waals surface area contributed by atoms with Crippen LogP contribution in [-0.4, -0.2) is 43.5 Å². The van der Waals surface area contributed by atoms with Gasteiger partial charge < -0.3 is 15.3 Å². The average molecular weight is 482 g/mol. The molecule has 3 heterocycles. The lowest BCUT2D eigenvalue weighted by Crippen LogP contribution is -2.42. The summed E-state index contributed by atoms with van der Waals surface area (Å²) in [4.78, 5) is 11.1. The van der Waals surface area contributed by atoms with E-state index in [4.69, 9.17) is 34.8 Å². The Bertz CT molecular complexity index is 1120. The molecule has 0 spiro atoms. The maximum Gasteiger partial charge on any atom is 0.227 e. The molecule has 1 saturated heterocycles. The number of benzene rings is 1. The fourth-order valence-electron chi connectivity index (χ4n) is 3.60. The van der Waals surface area contributed by atoms with Crippen LogP contribution in [0.3, 0.4) is 0 Å². The van der Waals surface area contributed by atoms with Gasteiger partial charge in [0.1, 0.15) is 0 Å². The van der Waals surface area contributed by atoms with Gasteiger partial charge in [-0.3, -0.25) is 4.68 Å². The Hall–Kier alpha value is -2.06. The van der Waals surface area contributed by atoms with E-state index in [0.29, 0.717) is 64.8 Å². The SMILES string of the molecule is C=CCCn1ncc(Nc2ncc3cc(Cl)c(N4CCC(C)(O)CC4)c(Cl)c3n2)c1Cl. The second kappa shape index (κ2) is 8.82. The molecule has 2 aromatic heterocycles. The van der Waals surface area contributed by atoms with Crippen molar-refractivity contribution in [2.75, 3.05) is 23.3 Å². The van der Waals surface area contributed by atoms with Gasteiger partial charge in [0.05, 0.1) is 38.7 Å². The quantitative estimate of drug-likeness (QED) is 0.455. The molecule has 0 saturated carbocycles. The molecule has 1 aliphatic rings. The summed E-state index contributed by atoms with van der Waals surface area (Å²) in [5, 5.41) is 19.8. The monoisotopic (exact) mass is 480 g/mol. The number of nitrogens with zero attached hydrogens (tertiary/aromatic N) is 5. The average Bonchev–Trinajstić information content (AvgIpc) is 3.07. The van der Waals surface area contributed by atoms with Crippen LogP contribution in [0.2, 0.25) is 15.2 Å².